The van der Waals surface area contributed by atoms with Crippen molar-refractivity contribution in [1.82, 2.24) is 0 Å². The number of phenolic OH excluding ortho intramolecular Hbond substituents is 2. The summed E-state index contributed by atoms with van der Waals surface area (Å²) >= 11 is 6.52. The maximum atomic E-state index is 13.0. The van der Waals surface area contributed by atoms with E-state index in [1.165, 1.54) is 107 Å². The Hall–Kier alpha value is -8.47. The number of esters is 2. The van der Waals surface area contributed by atoms with Gasteiger partial charge in [-0.1, -0.05) is 190 Å². The zero-order valence-corrected chi connectivity index (χ0v) is 82.0. The molecule has 726 valence electrons. The lowest BCUT2D eigenvalue weighted by molar-refractivity contribution is -0.157. The third-order valence-corrected chi connectivity index (χ3v) is 22.6. The molecule has 0 bridgehead atoms. The minimum Gasteiger partial charge on any atom is -0.508 e. The fourth-order valence-electron chi connectivity index (χ4n) is 14.3. The number of phenols is 2. The highest BCUT2D eigenvalue weighted by Crippen LogP contribution is 2.37. The van der Waals surface area contributed by atoms with Crippen molar-refractivity contribution in [2.75, 3.05) is 83.3 Å². The van der Waals surface area contributed by atoms with Gasteiger partial charge in [0.1, 0.15) is 67.4 Å². The molecule has 0 aromatic heterocycles. The molecule has 131 heavy (non-hydrogen) atoms. The second-order valence-electron chi connectivity index (χ2n) is 33.9. The summed E-state index contributed by atoms with van der Waals surface area (Å²) in [6.07, 6.45) is 43.8. The van der Waals surface area contributed by atoms with E-state index in [1.54, 1.807) is 81.5 Å². The van der Waals surface area contributed by atoms with E-state index in [0.29, 0.717) is 69.9 Å². The Morgan fingerprint density at radius 2 is 0.672 bits per heavy atom. The van der Waals surface area contributed by atoms with Crippen LogP contribution in [0.3, 0.4) is 0 Å². The Kier molecular flexibility index (Phi) is 63.2. The molecule has 4 fully saturated rings. The number of alkyl halides is 2. The normalized spacial score (nSPS) is 15.5. The van der Waals surface area contributed by atoms with E-state index in [9.17, 15) is 33.6 Å². The Bertz CT molecular complexity index is 4020. The molecule has 5 aromatic rings. The van der Waals surface area contributed by atoms with Crippen LogP contribution in [0.1, 0.15) is 257 Å². The van der Waals surface area contributed by atoms with Gasteiger partial charge in [-0.25, -0.2) is 4.79 Å². The smallest absolute Gasteiger partial charge is 0.328 e. The van der Waals surface area contributed by atoms with Crippen LogP contribution in [0.5, 0.6) is 28.7 Å². The van der Waals surface area contributed by atoms with Gasteiger partial charge in [0.05, 0.1) is 44.9 Å². The SMILES string of the molecule is CC(C)COC(C)OCC(=O)/C=C/c1ccc(OCCCBr)cc1.CC(C)COC(C)OCC(=O)/C=C/c1ccc(OCCCC[C@H](C(=O)OC2CCCC2)C2CCCCC2)cc1.CCCOC(C)OCC(=O)/C=C/c1ccc(O)cc1.O=C(/C=C/c1ccc(OCCCC[C@H](C(=O)OC2CCCC2)C2CCCCC2)cc1)CO.O=C(O)/C=C/c1ccc(O)cc1.OCCCBr. The fourth-order valence-corrected chi connectivity index (χ4v) is 14.8. The minimum absolute atomic E-state index is 0.000531. The monoisotopic (exact) mass is 1950 g/mol. The molecule has 4 saturated carbocycles. The minimum atomic E-state index is -0.983. The molecule has 4 aliphatic carbocycles. The van der Waals surface area contributed by atoms with Crippen molar-refractivity contribution in [3.63, 3.8) is 0 Å². The highest BCUT2D eigenvalue weighted by Gasteiger charge is 2.34. The van der Waals surface area contributed by atoms with E-state index in [4.69, 9.17) is 77.6 Å². The number of rotatable bonds is 53. The number of aliphatic carboxylic acids is 1. The summed E-state index contributed by atoms with van der Waals surface area (Å²) in [6, 6.07) is 35.8. The average Bonchev–Trinajstić information content (AvgIpc) is 1.70. The molecule has 0 radical (unpaired) electrons. The topological polar surface area (TPSA) is 322 Å². The predicted octanol–water partition coefficient (Wildman–Crippen LogP) is 22.5. The zero-order valence-electron chi connectivity index (χ0n) is 78.8. The van der Waals surface area contributed by atoms with Crippen LogP contribution in [0.25, 0.3) is 30.4 Å². The number of carboxylic acids is 1. The number of ether oxygens (including phenoxy) is 11. The molecule has 0 spiro atoms. The molecule has 0 aliphatic heterocycles. The summed E-state index contributed by atoms with van der Waals surface area (Å²) in [4.78, 5) is 82.6. The molecule has 0 amide bonds. The Labute approximate surface area is 796 Å². The van der Waals surface area contributed by atoms with Gasteiger partial charge in [-0.05, 0) is 298 Å². The average molecular weight is 1950 g/mol. The van der Waals surface area contributed by atoms with Crippen LogP contribution >= 0.6 is 31.9 Å². The molecule has 0 saturated heterocycles. The maximum absolute atomic E-state index is 13.0. The number of ketones is 4. The third kappa shape index (κ3) is 57.0. The van der Waals surface area contributed by atoms with Crippen LogP contribution < -0.4 is 14.2 Å². The summed E-state index contributed by atoms with van der Waals surface area (Å²) in [5, 5.41) is 44.9. The predicted molar refractivity (Wildman–Crippen MR) is 524 cm³/mol. The quantitative estimate of drug-likeness (QED) is 0.00794. The van der Waals surface area contributed by atoms with Crippen molar-refractivity contribution in [2.45, 2.75) is 260 Å². The van der Waals surface area contributed by atoms with Crippen LogP contribution in [0.4, 0.5) is 0 Å². The van der Waals surface area contributed by atoms with Gasteiger partial charge >= 0.3 is 17.9 Å². The molecule has 5 N–H and O–H groups in total. The number of carbonyl (C=O) groups excluding carboxylic acids is 6. The third-order valence-electron chi connectivity index (χ3n) is 21.5. The zero-order chi connectivity index (χ0) is 95.4. The van der Waals surface area contributed by atoms with Crippen LogP contribution in [0, 0.1) is 35.5 Å². The Balaban J connectivity index is 0.000000353. The second-order valence-corrected chi connectivity index (χ2v) is 35.5. The molecule has 5 atom stereocenters. The summed E-state index contributed by atoms with van der Waals surface area (Å²) in [7, 11) is 0. The molecule has 23 nitrogen and oxygen atoms in total. The lowest BCUT2D eigenvalue weighted by atomic mass is 9.78. The molecule has 3 unspecified atom stereocenters. The fraction of sp³-hybridized carbons (Fsp3) is 0.557. The Morgan fingerprint density at radius 1 is 0.366 bits per heavy atom. The largest absolute Gasteiger partial charge is 0.508 e. The number of aliphatic hydroxyl groups excluding tert-OH is 2. The molecule has 0 heterocycles. The Morgan fingerprint density at radius 3 is 0.969 bits per heavy atom. The number of hydrogen-bond donors (Lipinski definition) is 5. The van der Waals surface area contributed by atoms with E-state index in [0.717, 1.165) is 171 Å². The summed E-state index contributed by atoms with van der Waals surface area (Å²) in [5.41, 5.74) is 4.35. The van der Waals surface area contributed by atoms with Crippen molar-refractivity contribution >= 4 is 103 Å². The van der Waals surface area contributed by atoms with Crippen LogP contribution in [0.15, 0.2) is 152 Å². The van der Waals surface area contributed by atoms with Gasteiger partial charge in [0.2, 0.25) is 0 Å². The van der Waals surface area contributed by atoms with Crippen LogP contribution in [-0.2, 0) is 71.5 Å². The molecular weight excluding hydrogens is 1800 g/mol. The van der Waals surface area contributed by atoms with Crippen molar-refractivity contribution in [1.29, 1.82) is 0 Å². The van der Waals surface area contributed by atoms with Crippen LogP contribution in [-0.4, -0.2) is 181 Å². The molecule has 9 rings (SSSR count). The summed E-state index contributed by atoms with van der Waals surface area (Å²) in [6.45, 7) is 19.3. The van der Waals surface area contributed by atoms with E-state index in [1.807, 2.05) is 79.7 Å². The van der Waals surface area contributed by atoms with E-state index >= 15 is 0 Å². The first kappa shape index (κ1) is 115. The van der Waals surface area contributed by atoms with Gasteiger partial charge in [0.15, 0.2) is 42.0 Å². The number of aliphatic hydroxyl groups is 2. The molecular formula is C106H150Br2O23. The number of carboxylic acid groups (broad SMARTS) is 1. The van der Waals surface area contributed by atoms with Crippen molar-refractivity contribution < 1.29 is 111 Å². The number of hydrogen-bond acceptors (Lipinski definition) is 22. The second kappa shape index (κ2) is 72.1. The molecule has 5 aromatic carbocycles. The number of unbranched alkanes of at least 4 members (excludes halogenated alkanes) is 2. The molecule has 4 aliphatic rings. The summed E-state index contributed by atoms with van der Waals surface area (Å²) in [5.74, 6) is 3.21. The lowest BCUT2D eigenvalue weighted by Crippen LogP contribution is -2.30. The highest BCUT2D eigenvalue weighted by molar-refractivity contribution is 9.09. The maximum Gasteiger partial charge on any atom is 0.328 e. The number of carbonyl (C=O) groups is 7. The number of benzene rings is 5. The van der Waals surface area contributed by atoms with Gasteiger partial charge < -0.3 is 77.6 Å². The molecule has 25 heteroatoms. The van der Waals surface area contributed by atoms with Gasteiger partial charge in [0, 0.05) is 29.9 Å². The first-order chi connectivity index (χ1) is 63.3. The van der Waals surface area contributed by atoms with Gasteiger partial charge in [-0.2, -0.15) is 0 Å². The van der Waals surface area contributed by atoms with Crippen molar-refractivity contribution in [2.24, 2.45) is 35.5 Å². The van der Waals surface area contributed by atoms with E-state index in [2.05, 4.69) is 59.6 Å². The lowest BCUT2D eigenvalue weighted by Gasteiger charge is -2.29. The number of aromatic hydroxyl groups is 2. The van der Waals surface area contributed by atoms with Gasteiger partial charge in [0.25, 0.3) is 0 Å². The van der Waals surface area contributed by atoms with Crippen molar-refractivity contribution in [3.8, 4) is 28.7 Å². The summed E-state index contributed by atoms with van der Waals surface area (Å²) < 4.78 is 61.5. The van der Waals surface area contributed by atoms with Crippen LogP contribution in [0.2, 0.25) is 0 Å². The van der Waals surface area contributed by atoms with E-state index < -0.39 is 18.9 Å². The highest BCUT2D eigenvalue weighted by atomic mass is 79.9. The standard InChI is InChI=1S/C33H50O6.C27H38O5.C19H27BrO4.C15H20O4.C9H8O3.C3H7BrO/c1-25(2)23-37-26(3)38-24-29(34)19-16-27-17-20-30(21-18-27)36-22-10-9-15-32(28-11-5-4-6-12-28)33(35)39-31-13-7-8-14-31;28-20-23(29)16-13-21-14-17-24(18-15-21)31-19-7-6-12-26(22-8-2-1-3-9-22)27(30)32-25-10-4-5-11-25;1-15(2)13-23-16(3)24-14-18(21)8-5-17-6-9-19(10-7-17)22-12-4-11-20;1-3-10-18-12(2)19-11-15(17)9-6-13-4-7-14(16)8-5-13;10-8-4-1-7(2-5-8)3-6-9(11)12;4-2-1-3-5/h16-21,25-26,28,31-32H,4-15,22-24H2,1-3H3;13-18,22,25-26,28H,1-12,19-20H2;5-10,15-16H,4,11-14H2,1-3H3;4-9,12,16H,3,10-11H2,1-2H3;1-6,10H,(H,11,12);5H,1-3H2/b19-16+;16-13+;8-5+;9-6+;6-3+;/t26?,32-;26-;;;;/m00..../s1. The van der Waals surface area contributed by atoms with Crippen molar-refractivity contribution in [3.05, 3.63) is 180 Å². The van der Waals surface area contributed by atoms with Gasteiger partial charge in [-0.3, -0.25) is 28.8 Å². The van der Waals surface area contributed by atoms with Gasteiger partial charge in [-0.15, -0.1) is 0 Å². The first-order valence-corrected chi connectivity index (χ1v) is 49.5. The first-order valence-electron chi connectivity index (χ1n) is 47.2. The number of halogens is 2. The van der Waals surface area contributed by atoms with E-state index in [-0.39, 0.29) is 103 Å².